The van der Waals surface area contributed by atoms with Crippen LogP contribution in [0.3, 0.4) is 0 Å². The van der Waals surface area contributed by atoms with Gasteiger partial charge in [-0.1, -0.05) is 52.4 Å². The number of hydrogen-bond donors (Lipinski definition) is 4. The van der Waals surface area contributed by atoms with E-state index in [0.717, 1.165) is 16.5 Å². The molecule has 1 aliphatic carbocycles. The summed E-state index contributed by atoms with van der Waals surface area (Å²) in [4.78, 5) is 10.5. The molecule has 160 valence electrons. The average Bonchev–Trinajstić information content (AvgIpc) is 2.93. The zero-order valence-electron chi connectivity index (χ0n) is 16.5. The van der Waals surface area contributed by atoms with Crippen molar-refractivity contribution in [2.75, 3.05) is 0 Å². The number of carbonyl (C=O) groups is 1. The first-order valence-corrected chi connectivity index (χ1v) is 11.0. The van der Waals surface area contributed by atoms with Crippen LogP contribution in [0.1, 0.15) is 44.1 Å². The molecule has 0 radical (unpaired) electrons. The summed E-state index contributed by atoms with van der Waals surface area (Å²) in [5.74, 6) is -1.10. The molecule has 0 aliphatic heterocycles. The van der Waals surface area contributed by atoms with Crippen LogP contribution in [0, 0.1) is 11.8 Å². The van der Waals surface area contributed by atoms with E-state index < -0.39 is 24.3 Å². The minimum absolute atomic E-state index is 0.103. The van der Waals surface area contributed by atoms with Gasteiger partial charge in [-0.05, 0) is 55.7 Å². The molecule has 5 atom stereocenters. The van der Waals surface area contributed by atoms with Crippen molar-refractivity contribution in [3.63, 3.8) is 0 Å². The van der Waals surface area contributed by atoms with E-state index in [0.29, 0.717) is 32.1 Å². The molecule has 0 aromatic heterocycles. The molecular formula is C23H31BrO5. The number of benzene rings is 1. The van der Waals surface area contributed by atoms with E-state index in [1.807, 2.05) is 42.5 Å². The Balaban J connectivity index is 1.83. The summed E-state index contributed by atoms with van der Waals surface area (Å²) in [5, 5.41) is 39.5. The predicted molar refractivity (Wildman–Crippen MR) is 116 cm³/mol. The fourth-order valence-corrected chi connectivity index (χ4v) is 4.26. The summed E-state index contributed by atoms with van der Waals surface area (Å²) in [5.41, 5.74) is 1.15. The summed E-state index contributed by atoms with van der Waals surface area (Å²) in [6.45, 7) is 0. The van der Waals surface area contributed by atoms with E-state index in [1.54, 1.807) is 6.08 Å². The van der Waals surface area contributed by atoms with Gasteiger partial charge in [-0.2, -0.15) is 0 Å². The Morgan fingerprint density at radius 2 is 2.03 bits per heavy atom. The van der Waals surface area contributed by atoms with E-state index in [-0.39, 0.29) is 18.3 Å². The lowest BCUT2D eigenvalue weighted by atomic mass is 9.89. The van der Waals surface area contributed by atoms with Crippen LogP contribution >= 0.6 is 15.9 Å². The van der Waals surface area contributed by atoms with Crippen molar-refractivity contribution >= 4 is 21.9 Å². The fraction of sp³-hybridized carbons (Fsp3) is 0.522. The van der Waals surface area contributed by atoms with Crippen LogP contribution in [0.5, 0.6) is 0 Å². The van der Waals surface area contributed by atoms with Crippen LogP contribution in [0.2, 0.25) is 0 Å². The van der Waals surface area contributed by atoms with Gasteiger partial charge in [0.1, 0.15) is 0 Å². The lowest BCUT2D eigenvalue weighted by Crippen LogP contribution is -2.20. The van der Waals surface area contributed by atoms with E-state index in [4.69, 9.17) is 5.11 Å². The molecule has 1 aromatic carbocycles. The minimum Gasteiger partial charge on any atom is -0.481 e. The monoisotopic (exact) mass is 466 g/mol. The third-order valence-electron chi connectivity index (χ3n) is 5.43. The highest BCUT2D eigenvalue weighted by atomic mass is 79.9. The highest BCUT2D eigenvalue weighted by Gasteiger charge is 2.39. The molecule has 29 heavy (non-hydrogen) atoms. The van der Waals surface area contributed by atoms with Crippen molar-refractivity contribution in [2.45, 2.75) is 63.3 Å². The predicted octanol–water partition coefficient (Wildman–Crippen LogP) is 3.86. The molecule has 0 heterocycles. The molecule has 0 bridgehead atoms. The molecule has 1 saturated carbocycles. The summed E-state index contributed by atoms with van der Waals surface area (Å²) in [6.07, 6.45) is 9.39. The molecule has 2 rings (SSSR count). The Kier molecular flexibility index (Phi) is 10.1. The van der Waals surface area contributed by atoms with Gasteiger partial charge in [0.25, 0.3) is 0 Å². The lowest BCUT2D eigenvalue weighted by Gasteiger charge is -2.19. The lowest BCUT2D eigenvalue weighted by molar-refractivity contribution is -0.137. The van der Waals surface area contributed by atoms with Gasteiger partial charge in [0.2, 0.25) is 0 Å². The maximum atomic E-state index is 10.5. The molecule has 1 aliphatic rings. The van der Waals surface area contributed by atoms with Crippen LogP contribution in [-0.4, -0.2) is 44.7 Å². The smallest absolute Gasteiger partial charge is 0.303 e. The fourth-order valence-electron chi connectivity index (χ4n) is 3.81. The SMILES string of the molecule is O=C(O)CCC/C=C\C[C@@H]1[C@@H](/C=C/[C@H](O)CCc2cccc(Br)c2)[C@H](O)C[C@@H]1O. The number of allylic oxidation sites excluding steroid dienone is 2. The molecule has 0 unspecified atom stereocenters. The van der Waals surface area contributed by atoms with Gasteiger partial charge >= 0.3 is 5.97 Å². The highest BCUT2D eigenvalue weighted by Crippen LogP contribution is 2.36. The molecule has 4 N–H and O–H groups in total. The van der Waals surface area contributed by atoms with Crippen LogP contribution in [0.15, 0.2) is 53.0 Å². The number of unbranched alkanes of at least 4 members (excludes halogenated alkanes) is 1. The standard InChI is InChI=1S/C23H31BrO5/c24-17-7-5-6-16(14-17)10-11-18(25)12-13-20-19(21(26)15-22(20)27)8-3-1-2-4-9-23(28)29/h1,3,5-7,12-14,18-22,25-27H,2,4,8-11,15H2,(H,28,29)/b3-1-,13-12+/t18-,19-,20-,21+,22-/m1/s1. The Hall–Kier alpha value is -1.47. The first-order valence-electron chi connectivity index (χ1n) is 10.2. The summed E-state index contributed by atoms with van der Waals surface area (Å²) in [6, 6.07) is 7.99. The molecule has 6 heteroatoms. The average molecular weight is 467 g/mol. The van der Waals surface area contributed by atoms with Crippen molar-refractivity contribution < 1.29 is 25.2 Å². The van der Waals surface area contributed by atoms with Gasteiger partial charge < -0.3 is 20.4 Å². The second kappa shape index (κ2) is 12.3. The van der Waals surface area contributed by atoms with Crippen molar-refractivity contribution in [2.24, 2.45) is 11.8 Å². The van der Waals surface area contributed by atoms with Gasteiger partial charge in [0, 0.05) is 23.2 Å². The first kappa shape index (κ1) is 23.8. The Bertz CT molecular complexity index is 702. The highest BCUT2D eigenvalue weighted by molar-refractivity contribution is 9.10. The van der Waals surface area contributed by atoms with Crippen molar-refractivity contribution in [3.05, 3.63) is 58.6 Å². The number of halogens is 1. The van der Waals surface area contributed by atoms with Crippen LogP contribution in [0.25, 0.3) is 0 Å². The number of carboxylic acid groups (broad SMARTS) is 1. The van der Waals surface area contributed by atoms with Crippen LogP contribution in [0.4, 0.5) is 0 Å². The Labute approximate surface area is 180 Å². The molecule has 5 nitrogen and oxygen atoms in total. The van der Waals surface area contributed by atoms with Gasteiger partial charge in [0.05, 0.1) is 18.3 Å². The molecule has 1 aromatic rings. The van der Waals surface area contributed by atoms with E-state index in [2.05, 4.69) is 15.9 Å². The van der Waals surface area contributed by atoms with Crippen LogP contribution in [-0.2, 0) is 11.2 Å². The summed E-state index contributed by atoms with van der Waals surface area (Å²) in [7, 11) is 0. The van der Waals surface area contributed by atoms with Gasteiger partial charge in [0.15, 0.2) is 0 Å². The maximum absolute atomic E-state index is 10.5. The first-order chi connectivity index (χ1) is 13.9. The number of carboxylic acids is 1. The number of aryl methyl sites for hydroxylation is 1. The third-order valence-corrected chi connectivity index (χ3v) is 5.92. The topological polar surface area (TPSA) is 98.0 Å². The van der Waals surface area contributed by atoms with Crippen molar-refractivity contribution in [3.8, 4) is 0 Å². The Morgan fingerprint density at radius 1 is 1.24 bits per heavy atom. The minimum atomic E-state index is -0.795. The number of rotatable bonds is 11. The van der Waals surface area contributed by atoms with E-state index in [9.17, 15) is 20.1 Å². The third kappa shape index (κ3) is 8.42. The maximum Gasteiger partial charge on any atom is 0.303 e. The van der Waals surface area contributed by atoms with Crippen molar-refractivity contribution in [1.82, 2.24) is 0 Å². The zero-order chi connectivity index (χ0) is 21.2. The molecule has 0 spiro atoms. The van der Waals surface area contributed by atoms with E-state index in [1.165, 1.54) is 0 Å². The number of aliphatic hydroxyl groups is 3. The van der Waals surface area contributed by atoms with E-state index >= 15 is 0 Å². The van der Waals surface area contributed by atoms with Crippen molar-refractivity contribution in [1.29, 1.82) is 0 Å². The number of hydrogen-bond acceptors (Lipinski definition) is 4. The second-order valence-corrected chi connectivity index (χ2v) is 8.64. The summed E-state index contributed by atoms with van der Waals surface area (Å²) >= 11 is 3.44. The van der Waals surface area contributed by atoms with Gasteiger partial charge in [-0.15, -0.1) is 0 Å². The number of aliphatic hydroxyl groups excluding tert-OH is 3. The van der Waals surface area contributed by atoms with Gasteiger partial charge in [-0.25, -0.2) is 0 Å². The van der Waals surface area contributed by atoms with Gasteiger partial charge in [-0.3, -0.25) is 4.79 Å². The summed E-state index contributed by atoms with van der Waals surface area (Å²) < 4.78 is 1.02. The van der Waals surface area contributed by atoms with Crippen LogP contribution < -0.4 is 0 Å². The normalized spacial score (nSPS) is 25.8. The number of aliphatic carboxylic acids is 1. The molecule has 0 amide bonds. The zero-order valence-corrected chi connectivity index (χ0v) is 18.1. The second-order valence-electron chi connectivity index (χ2n) is 7.73. The largest absolute Gasteiger partial charge is 0.481 e. The Morgan fingerprint density at radius 3 is 2.76 bits per heavy atom. The molecule has 1 fully saturated rings. The quantitative estimate of drug-likeness (QED) is 0.293. The molecular weight excluding hydrogens is 436 g/mol. The molecule has 0 saturated heterocycles.